The van der Waals surface area contributed by atoms with E-state index < -0.39 is 0 Å². The van der Waals surface area contributed by atoms with Crippen molar-refractivity contribution in [3.63, 3.8) is 0 Å². The molecule has 2 heterocycles. The zero-order valence-electron chi connectivity index (χ0n) is 38.5. The summed E-state index contributed by atoms with van der Waals surface area (Å²) in [7, 11) is 0. The van der Waals surface area contributed by atoms with Crippen molar-refractivity contribution in [2.45, 2.75) is 78.4 Å². The zero-order chi connectivity index (χ0) is 45.6. The summed E-state index contributed by atoms with van der Waals surface area (Å²) >= 11 is 0. The van der Waals surface area contributed by atoms with Crippen molar-refractivity contribution in [1.82, 2.24) is 0 Å². The molecule has 0 aliphatic carbocycles. The second kappa shape index (κ2) is 20.2. The topological polar surface area (TPSA) is 74.9 Å². The molecule has 0 spiro atoms. The third-order valence-corrected chi connectivity index (χ3v) is 13.0. The van der Waals surface area contributed by atoms with Gasteiger partial charge in [-0.05, 0) is 175 Å². The third kappa shape index (κ3) is 11.2. The van der Waals surface area contributed by atoms with E-state index in [1.54, 1.807) is 0 Å². The Balaban J connectivity index is 0.894. The zero-order valence-corrected chi connectivity index (χ0v) is 38.5. The molecule has 66 heavy (non-hydrogen) atoms. The first-order valence-electron chi connectivity index (χ1n) is 23.3. The van der Waals surface area contributed by atoms with E-state index in [9.17, 15) is 9.59 Å². The molecule has 7 aromatic rings. The fraction of sp³-hybridized carbons (Fsp3) is 0.254. The molecule has 7 nitrogen and oxygen atoms in total. The molecule has 9 rings (SSSR count). The van der Waals surface area contributed by atoms with E-state index in [0.717, 1.165) is 81.4 Å². The highest BCUT2D eigenvalue weighted by Crippen LogP contribution is 2.39. The molecular formula is C59H58N2O5. The summed E-state index contributed by atoms with van der Waals surface area (Å²) in [4.78, 5) is 29.3. The van der Waals surface area contributed by atoms with E-state index in [0.29, 0.717) is 50.8 Å². The lowest BCUT2D eigenvalue weighted by molar-refractivity contribution is -0.144. The molecule has 2 aliphatic rings. The summed E-state index contributed by atoms with van der Waals surface area (Å²) in [5.41, 5.74) is 18.3. The number of Topliss-reactive ketones (excluding diaryl/α,β-unsaturated/α-hetero) is 1. The Morgan fingerprint density at radius 2 is 0.818 bits per heavy atom. The fourth-order valence-electron chi connectivity index (χ4n) is 8.34. The molecule has 0 aromatic heterocycles. The molecule has 7 heteroatoms. The first-order valence-corrected chi connectivity index (χ1v) is 23.3. The number of hydrogen-bond acceptors (Lipinski definition) is 7. The van der Waals surface area contributed by atoms with Crippen molar-refractivity contribution < 1.29 is 23.8 Å². The smallest absolute Gasteiger partial charge is 0.306 e. The first-order chi connectivity index (χ1) is 32.1. The number of benzene rings is 7. The van der Waals surface area contributed by atoms with Gasteiger partial charge in [-0.3, -0.25) is 9.59 Å². The Kier molecular flexibility index (Phi) is 13.6. The molecule has 0 amide bonds. The SMILES string of the molecule is Cc1ccc(N(c2ccc(CCC(=O)CCC3CO3)cc2)c2ccc(-c3ccc(-c4ccc(N(c5ccc(CCC(=O)OCC6CO6)cc5)c5ccc(C)c(C)c5)cc4)cc3)cc2)cc1C. The summed E-state index contributed by atoms with van der Waals surface area (Å²) in [5, 5.41) is 0. The predicted molar refractivity (Wildman–Crippen MR) is 267 cm³/mol. The van der Waals surface area contributed by atoms with Gasteiger partial charge in [0.25, 0.3) is 0 Å². The van der Waals surface area contributed by atoms with E-state index in [2.05, 4.69) is 195 Å². The van der Waals surface area contributed by atoms with Gasteiger partial charge in [-0.1, -0.05) is 84.9 Å². The lowest BCUT2D eigenvalue weighted by Gasteiger charge is -2.26. The maximum Gasteiger partial charge on any atom is 0.306 e. The maximum atomic E-state index is 12.5. The van der Waals surface area contributed by atoms with Gasteiger partial charge in [0.2, 0.25) is 0 Å². The highest BCUT2D eigenvalue weighted by Gasteiger charge is 2.25. The molecule has 2 atom stereocenters. The van der Waals surface area contributed by atoms with Crippen LogP contribution in [0.2, 0.25) is 0 Å². The van der Waals surface area contributed by atoms with Crippen LogP contribution in [0, 0.1) is 27.7 Å². The van der Waals surface area contributed by atoms with E-state index in [4.69, 9.17) is 14.2 Å². The highest BCUT2D eigenvalue weighted by atomic mass is 16.6. The maximum absolute atomic E-state index is 12.5. The number of anilines is 6. The Morgan fingerprint density at radius 3 is 1.21 bits per heavy atom. The van der Waals surface area contributed by atoms with Gasteiger partial charge in [0.05, 0.1) is 19.3 Å². The van der Waals surface area contributed by atoms with Crippen molar-refractivity contribution in [2.75, 3.05) is 29.6 Å². The number of ketones is 1. The van der Waals surface area contributed by atoms with Crippen LogP contribution in [0.3, 0.4) is 0 Å². The molecule has 0 N–H and O–H groups in total. The van der Waals surface area contributed by atoms with E-state index in [-0.39, 0.29) is 12.1 Å². The summed E-state index contributed by atoms with van der Waals surface area (Å²) in [6.45, 7) is 10.4. The molecule has 0 saturated carbocycles. The molecule has 334 valence electrons. The number of aryl methyl sites for hydroxylation is 6. The van der Waals surface area contributed by atoms with Gasteiger partial charge in [0, 0.05) is 53.4 Å². The van der Waals surface area contributed by atoms with Crippen LogP contribution < -0.4 is 9.80 Å². The number of nitrogens with zero attached hydrogens (tertiary/aromatic N) is 2. The Morgan fingerprint density at radius 1 is 0.455 bits per heavy atom. The van der Waals surface area contributed by atoms with E-state index >= 15 is 0 Å². The van der Waals surface area contributed by atoms with Gasteiger partial charge in [0.15, 0.2) is 0 Å². The van der Waals surface area contributed by atoms with Crippen LogP contribution in [0.5, 0.6) is 0 Å². The number of hydrogen-bond donors (Lipinski definition) is 0. The van der Waals surface area contributed by atoms with Gasteiger partial charge >= 0.3 is 5.97 Å². The number of rotatable bonds is 19. The summed E-state index contributed by atoms with van der Waals surface area (Å²) in [5.74, 6) is 0.115. The minimum Gasteiger partial charge on any atom is -0.463 e. The summed E-state index contributed by atoms with van der Waals surface area (Å²) < 4.78 is 15.8. The number of esters is 1. The Hall–Kier alpha value is -6.80. The van der Waals surface area contributed by atoms with Crippen LogP contribution in [0.4, 0.5) is 34.1 Å². The van der Waals surface area contributed by atoms with Gasteiger partial charge in [-0.15, -0.1) is 0 Å². The lowest BCUT2D eigenvalue weighted by atomic mass is 9.99. The number of carbonyl (C=O) groups excluding carboxylic acids is 2. The van der Waals surface area contributed by atoms with Crippen LogP contribution in [0.25, 0.3) is 22.3 Å². The number of ether oxygens (including phenoxy) is 3. The largest absolute Gasteiger partial charge is 0.463 e. The van der Waals surface area contributed by atoms with Crippen molar-refractivity contribution in [1.29, 1.82) is 0 Å². The second-order valence-electron chi connectivity index (χ2n) is 17.9. The molecular weight excluding hydrogens is 817 g/mol. The highest BCUT2D eigenvalue weighted by molar-refractivity contribution is 5.82. The monoisotopic (exact) mass is 874 g/mol. The Labute approximate surface area is 389 Å². The van der Waals surface area contributed by atoms with Crippen LogP contribution in [-0.2, 0) is 36.6 Å². The number of epoxide rings is 2. The standard InChI is InChI=1S/C59H58N2O5/c1-40-5-21-54(35-42(40)3)60(50-23-7-44(8-24-50)11-31-56(62)32-33-57-37-64-57)52-27-17-48(18-28-52)46-13-15-47(16-14-46)49-19-29-53(30-20-49)61(55-22-6-41(2)43(4)36-55)51-25-9-45(10-26-51)12-34-59(63)66-39-58-38-65-58/h5-10,13-30,35-36,57-58H,11-12,31-34,37-39H2,1-4H3. The predicted octanol–water partition coefficient (Wildman–Crippen LogP) is 13.7. The van der Waals surface area contributed by atoms with Gasteiger partial charge in [0.1, 0.15) is 18.5 Å². The molecule has 2 saturated heterocycles. The van der Waals surface area contributed by atoms with Crippen LogP contribution in [-0.4, -0.2) is 43.8 Å². The molecule has 2 aliphatic heterocycles. The third-order valence-electron chi connectivity index (χ3n) is 13.0. The lowest BCUT2D eigenvalue weighted by Crippen LogP contribution is -2.11. The molecule has 2 fully saturated rings. The summed E-state index contributed by atoms with van der Waals surface area (Å²) in [6.07, 6.45) is 4.09. The van der Waals surface area contributed by atoms with E-state index in [1.165, 1.54) is 27.8 Å². The minimum absolute atomic E-state index is 0.0765. The molecule has 0 bridgehead atoms. The number of carbonyl (C=O) groups is 2. The van der Waals surface area contributed by atoms with Crippen molar-refractivity contribution in [3.8, 4) is 22.3 Å². The van der Waals surface area contributed by atoms with Gasteiger partial charge < -0.3 is 24.0 Å². The summed E-state index contributed by atoms with van der Waals surface area (Å²) in [6, 6.07) is 56.7. The van der Waals surface area contributed by atoms with Gasteiger partial charge in [-0.2, -0.15) is 0 Å². The Bertz CT molecular complexity index is 2580. The first kappa shape index (κ1) is 44.4. The van der Waals surface area contributed by atoms with Crippen molar-refractivity contribution >= 4 is 45.9 Å². The molecule has 7 aromatic carbocycles. The molecule has 2 unspecified atom stereocenters. The minimum atomic E-state index is -0.191. The second-order valence-corrected chi connectivity index (χ2v) is 17.9. The van der Waals surface area contributed by atoms with Crippen molar-refractivity contribution in [3.05, 3.63) is 191 Å². The van der Waals surface area contributed by atoms with E-state index in [1.807, 2.05) is 0 Å². The fourth-order valence-corrected chi connectivity index (χ4v) is 8.34. The van der Waals surface area contributed by atoms with Crippen LogP contribution in [0.15, 0.2) is 158 Å². The van der Waals surface area contributed by atoms with Gasteiger partial charge in [-0.25, -0.2) is 0 Å². The van der Waals surface area contributed by atoms with Crippen molar-refractivity contribution in [2.24, 2.45) is 0 Å². The normalized spacial score (nSPS) is 15.0. The quantitative estimate of drug-likeness (QED) is 0.0592. The average Bonchev–Trinajstić information content (AvgIpc) is 4.30. The van der Waals surface area contributed by atoms with Crippen LogP contribution >= 0.6 is 0 Å². The molecule has 0 radical (unpaired) electrons. The van der Waals surface area contributed by atoms with Crippen LogP contribution in [0.1, 0.15) is 59.1 Å². The average molecular weight is 875 g/mol.